The topological polar surface area (TPSA) is 14.2 Å². The Hall–Kier alpha value is -0.760. The zero-order chi connectivity index (χ0) is 8.97. The monoisotopic (exact) mass is 167 g/mol. The molecule has 2 heteroatoms. The van der Waals surface area contributed by atoms with Gasteiger partial charge in [0.15, 0.2) is 0 Å². The lowest BCUT2D eigenvalue weighted by molar-refractivity contribution is 0.138. The highest BCUT2D eigenvalue weighted by atomic mass is 16.5. The van der Waals surface area contributed by atoms with Gasteiger partial charge in [0, 0.05) is 24.5 Å². The highest BCUT2D eigenvalue weighted by molar-refractivity contribution is 5.13. The highest BCUT2D eigenvalue weighted by Crippen LogP contribution is 2.06. The molecule has 1 aromatic rings. The molecule has 68 valence electrons. The van der Waals surface area contributed by atoms with Crippen molar-refractivity contribution in [1.29, 1.82) is 0 Å². The van der Waals surface area contributed by atoms with Crippen LogP contribution in [0.25, 0.3) is 0 Å². The van der Waals surface area contributed by atoms with Crippen molar-refractivity contribution in [2.24, 2.45) is 0 Å². The van der Waals surface area contributed by atoms with Gasteiger partial charge in [0.2, 0.25) is 0 Å². The van der Waals surface area contributed by atoms with Gasteiger partial charge in [-0.1, -0.05) is 0 Å². The molecule has 1 heterocycles. The molecular weight excluding hydrogens is 150 g/mol. The van der Waals surface area contributed by atoms with Gasteiger partial charge in [-0.3, -0.25) is 0 Å². The number of rotatable bonds is 4. The minimum Gasteiger partial charge on any atom is -0.380 e. The molecule has 0 aromatic carbocycles. The standard InChI is InChI=1S/C10H17NO/c1-4-12-8-7-11-9(2)5-6-10(11)3/h5-6H,4,7-8H2,1-3H3. The second-order valence-corrected chi connectivity index (χ2v) is 2.96. The Morgan fingerprint density at radius 3 is 2.33 bits per heavy atom. The molecule has 2 nitrogen and oxygen atoms in total. The van der Waals surface area contributed by atoms with Gasteiger partial charge in [0.1, 0.15) is 0 Å². The molecule has 0 unspecified atom stereocenters. The Morgan fingerprint density at radius 2 is 1.83 bits per heavy atom. The predicted octanol–water partition coefficient (Wildman–Crippen LogP) is 2.14. The van der Waals surface area contributed by atoms with Crippen LogP contribution in [0.1, 0.15) is 18.3 Å². The van der Waals surface area contributed by atoms with Crippen LogP contribution in [0.4, 0.5) is 0 Å². The second kappa shape index (κ2) is 4.31. The lowest BCUT2D eigenvalue weighted by Gasteiger charge is -2.08. The number of aromatic nitrogens is 1. The van der Waals surface area contributed by atoms with Crippen LogP contribution >= 0.6 is 0 Å². The van der Waals surface area contributed by atoms with E-state index in [4.69, 9.17) is 4.74 Å². The molecule has 1 aromatic heterocycles. The molecule has 0 spiro atoms. The lowest BCUT2D eigenvalue weighted by Crippen LogP contribution is -2.08. The second-order valence-electron chi connectivity index (χ2n) is 2.96. The molecule has 0 fully saturated rings. The van der Waals surface area contributed by atoms with Crippen molar-refractivity contribution in [2.45, 2.75) is 27.3 Å². The molecule has 0 N–H and O–H groups in total. The van der Waals surface area contributed by atoms with E-state index in [1.165, 1.54) is 11.4 Å². The summed E-state index contributed by atoms with van der Waals surface area (Å²) in [6.45, 7) is 8.86. The normalized spacial score (nSPS) is 10.6. The predicted molar refractivity (Wildman–Crippen MR) is 50.4 cm³/mol. The number of hydrogen-bond donors (Lipinski definition) is 0. The zero-order valence-corrected chi connectivity index (χ0v) is 8.13. The first-order valence-electron chi connectivity index (χ1n) is 4.46. The number of hydrogen-bond acceptors (Lipinski definition) is 1. The van der Waals surface area contributed by atoms with Crippen LogP contribution in [0.3, 0.4) is 0 Å². The number of aryl methyl sites for hydroxylation is 2. The van der Waals surface area contributed by atoms with E-state index in [2.05, 4.69) is 30.5 Å². The Bertz CT molecular complexity index is 220. The van der Waals surface area contributed by atoms with Crippen LogP contribution in [0.5, 0.6) is 0 Å². The van der Waals surface area contributed by atoms with Gasteiger partial charge in [-0.05, 0) is 32.9 Å². The van der Waals surface area contributed by atoms with Crippen molar-refractivity contribution >= 4 is 0 Å². The molecule has 0 amide bonds. The summed E-state index contributed by atoms with van der Waals surface area (Å²) in [5.41, 5.74) is 2.62. The van der Waals surface area contributed by atoms with E-state index in [9.17, 15) is 0 Å². The molecule has 0 atom stereocenters. The van der Waals surface area contributed by atoms with Crippen molar-refractivity contribution in [2.75, 3.05) is 13.2 Å². The molecule has 12 heavy (non-hydrogen) atoms. The van der Waals surface area contributed by atoms with Gasteiger partial charge in [-0.2, -0.15) is 0 Å². The summed E-state index contributed by atoms with van der Waals surface area (Å²) in [6.07, 6.45) is 0. The highest BCUT2D eigenvalue weighted by Gasteiger charge is 1.98. The van der Waals surface area contributed by atoms with Crippen LogP contribution in [0, 0.1) is 13.8 Å². The van der Waals surface area contributed by atoms with Crippen molar-refractivity contribution in [3.05, 3.63) is 23.5 Å². The van der Waals surface area contributed by atoms with E-state index in [0.717, 1.165) is 19.8 Å². The molecule has 0 aliphatic rings. The summed E-state index contributed by atoms with van der Waals surface area (Å²) in [6, 6.07) is 4.28. The summed E-state index contributed by atoms with van der Waals surface area (Å²) in [4.78, 5) is 0. The third kappa shape index (κ3) is 2.11. The Labute approximate surface area is 74.2 Å². The summed E-state index contributed by atoms with van der Waals surface area (Å²) in [5, 5.41) is 0. The van der Waals surface area contributed by atoms with E-state index >= 15 is 0 Å². The third-order valence-corrected chi connectivity index (χ3v) is 2.08. The molecule has 0 saturated heterocycles. The zero-order valence-electron chi connectivity index (χ0n) is 8.13. The SMILES string of the molecule is CCOCCn1c(C)ccc1C. The van der Waals surface area contributed by atoms with Crippen LogP contribution < -0.4 is 0 Å². The first-order valence-corrected chi connectivity index (χ1v) is 4.46. The van der Waals surface area contributed by atoms with Crippen molar-refractivity contribution in [3.63, 3.8) is 0 Å². The minimum atomic E-state index is 0.805. The van der Waals surface area contributed by atoms with Gasteiger partial charge < -0.3 is 9.30 Å². The van der Waals surface area contributed by atoms with E-state index in [1.807, 2.05) is 6.92 Å². The smallest absolute Gasteiger partial charge is 0.0645 e. The van der Waals surface area contributed by atoms with Gasteiger partial charge in [-0.15, -0.1) is 0 Å². The summed E-state index contributed by atoms with van der Waals surface area (Å²) in [7, 11) is 0. The average Bonchev–Trinajstić information content (AvgIpc) is 2.35. The fourth-order valence-corrected chi connectivity index (χ4v) is 1.35. The Balaban J connectivity index is 2.50. The fraction of sp³-hybridized carbons (Fsp3) is 0.600. The van der Waals surface area contributed by atoms with Crippen molar-refractivity contribution < 1.29 is 4.74 Å². The Kier molecular flexibility index (Phi) is 3.35. The largest absolute Gasteiger partial charge is 0.380 e. The fourth-order valence-electron chi connectivity index (χ4n) is 1.35. The van der Waals surface area contributed by atoms with Crippen LogP contribution in [0.15, 0.2) is 12.1 Å². The summed E-state index contributed by atoms with van der Waals surface area (Å²) in [5.74, 6) is 0. The first-order chi connectivity index (χ1) is 5.75. The maximum Gasteiger partial charge on any atom is 0.0645 e. The van der Waals surface area contributed by atoms with E-state index in [-0.39, 0.29) is 0 Å². The molecule has 0 bridgehead atoms. The summed E-state index contributed by atoms with van der Waals surface area (Å²) < 4.78 is 7.57. The van der Waals surface area contributed by atoms with Gasteiger partial charge >= 0.3 is 0 Å². The van der Waals surface area contributed by atoms with Gasteiger partial charge in [0.25, 0.3) is 0 Å². The molecule has 0 radical (unpaired) electrons. The van der Waals surface area contributed by atoms with Crippen molar-refractivity contribution in [3.8, 4) is 0 Å². The van der Waals surface area contributed by atoms with E-state index in [0.29, 0.717) is 0 Å². The quantitative estimate of drug-likeness (QED) is 0.627. The molecule has 0 aliphatic carbocycles. The molecule has 0 aliphatic heterocycles. The lowest BCUT2D eigenvalue weighted by atomic mass is 10.5. The first kappa shape index (κ1) is 9.33. The van der Waals surface area contributed by atoms with Gasteiger partial charge in [0.05, 0.1) is 6.61 Å². The third-order valence-electron chi connectivity index (χ3n) is 2.08. The number of ether oxygens (including phenoxy) is 1. The molecule has 1 rings (SSSR count). The van der Waals surface area contributed by atoms with Gasteiger partial charge in [-0.25, -0.2) is 0 Å². The molecular formula is C10H17NO. The maximum atomic E-state index is 5.30. The molecule has 0 saturated carbocycles. The van der Waals surface area contributed by atoms with Crippen molar-refractivity contribution in [1.82, 2.24) is 4.57 Å². The minimum absolute atomic E-state index is 0.805. The van der Waals surface area contributed by atoms with Crippen LogP contribution in [-0.4, -0.2) is 17.8 Å². The van der Waals surface area contributed by atoms with E-state index in [1.54, 1.807) is 0 Å². The van der Waals surface area contributed by atoms with Crippen LogP contribution in [0.2, 0.25) is 0 Å². The van der Waals surface area contributed by atoms with E-state index < -0.39 is 0 Å². The maximum absolute atomic E-state index is 5.30. The summed E-state index contributed by atoms with van der Waals surface area (Å²) >= 11 is 0. The Morgan fingerprint density at radius 1 is 1.25 bits per heavy atom. The number of nitrogens with zero attached hydrogens (tertiary/aromatic N) is 1. The van der Waals surface area contributed by atoms with Crippen LogP contribution in [-0.2, 0) is 11.3 Å². The average molecular weight is 167 g/mol.